The number of nitrogens with zero attached hydrogens (tertiary/aromatic N) is 2. The molecular weight excluding hydrogens is 210 g/mol. The Labute approximate surface area is 96.1 Å². The highest BCUT2D eigenvalue weighted by Crippen LogP contribution is 2.07. The van der Waals surface area contributed by atoms with Crippen LogP contribution in [-0.2, 0) is 6.54 Å². The minimum atomic E-state index is 0.116. The molecule has 0 atom stereocenters. The van der Waals surface area contributed by atoms with Crippen LogP contribution < -0.4 is 5.32 Å². The molecule has 0 spiro atoms. The van der Waals surface area contributed by atoms with Crippen LogP contribution in [0.1, 0.15) is 20.8 Å². The van der Waals surface area contributed by atoms with Crippen molar-refractivity contribution in [2.24, 2.45) is 0 Å². The lowest BCUT2D eigenvalue weighted by molar-refractivity contribution is 0.438. The van der Waals surface area contributed by atoms with E-state index >= 15 is 0 Å². The van der Waals surface area contributed by atoms with Crippen LogP contribution >= 0.6 is 11.6 Å². The van der Waals surface area contributed by atoms with E-state index in [2.05, 4.69) is 37.8 Å². The van der Waals surface area contributed by atoms with Gasteiger partial charge < -0.3 is 5.32 Å². The lowest BCUT2D eigenvalue weighted by Crippen LogP contribution is -2.37. The molecule has 0 aliphatic carbocycles. The van der Waals surface area contributed by atoms with Gasteiger partial charge in [-0.2, -0.15) is 5.10 Å². The summed E-state index contributed by atoms with van der Waals surface area (Å²) < 4.78 is 1.79. The first kappa shape index (κ1) is 12.3. The highest BCUT2D eigenvalue weighted by Gasteiger charge is 2.08. The molecule has 15 heavy (non-hydrogen) atoms. The summed E-state index contributed by atoms with van der Waals surface area (Å²) in [5.74, 6) is 0. The molecule has 4 heteroatoms. The summed E-state index contributed by atoms with van der Waals surface area (Å²) in [6, 6.07) is 0. The van der Waals surface area contributed by atoms with Crippen LogP contribution in [0.2, 0.25) is 5.02 Å². The zero-order valence-electron chi connectivity index (χ0n) is 9.55. The van der Waals surface area contributed by atoms with Gasteiger partial charge in [-0.05, 0) is 26.3 Å². The van der Waals surface area contributed by atoms with Crippen molar-refractivity contribution in [3.05, 3.63) is 29.6 Å². The van der Waals surface area contributed by atoms with E-state index in [1.807, 2.05) is 0 Å². The van der Waals surface area contributed by atoms with Gasteiger partial charge in [0.2, 0.25) is 0 Å². The molecule has 0 saturated carbocycles. The maximum atomic E-state index is 5.76. The Morgan fingerprint density at radius 3 is 2.73 bits per heavy atom. The predicted molar refractivity (Wildman–Crippen MR) is 64.1 cm³/mol. The quantitative estimate of drug-likeness (QED) is 0.801. The van der Waals surface area contributed by atoms with Crippen molar-refractivity contribution in [1.82, 2.24) is 15.1 Å². The van der Waals surface area contributed by atoms with Crippen molar-refractivity contribution in [3.8, 4) is 0 Å². The van der Waals surface area contributed by atoms with E-state index in [0.29, 0.717) is 11.6 Å². The lowest BCUT2D eigenvalue weighted by atomic mass is 10.1. The third kappa shape index (κ3) is 5.00. The van der Waals surface area contributed by atoms with E-state index in [4.69, 9.17) is 11.6 Å². The van der Waals surface area contributed by atoms with Gasteiger partial charge in [0.15, 0.2) is 0 Å². The van der Waals surface area contributed by atoms with Gasteiger partial charge in [0, 0.05) is 18.3 Å². The van der Waals surface area contributed by atoms with Crippen LogP contribution in [0.4, 0.5) is 0 Å². The summed E-state index contributed by atoms with van der Waals surface area (Å²) in [4.78, 5) is 0. The lowest BCUT2D eigenvalue weighted by Gasteiger charge is -2.21. The average molecular weight is 228 g/mol. The SMILES string of the molecule is C=C(CNC(C)(C)C)Cn1cc(Cl)cn1. The predicted octanol–water partition coefficient (Wildman–Crippen LogP) is 2.48. The Kier molecular flexibility index (Phi) is 3.94. The summed E-state index contributed by atoms with van der Waals surface area (Å²) >= 11 is 5.76. The van der Waals surface area contributed by atoms with E-state index in [9.17, 15) is 0 Å². The van der Waals surface area contributed by atoms with Gasteiger partial charge in [-0.25, -0.2) is 0 Å². The molecule has 84 valence electrons. The Balaban J connectivity index is 2.37. The Morgan fingerprint density at radius 2 is 2.27 bits per heavy atom. The third-order valence-corrected chi connectivity index (χ3v) is 2.05. The third-order valence-electron chi connectivity index (χ3n) is 1.86. The number of nitrogens with one attached hydrogen (secondary N) is 1. The fraction of sp³-hybridized carbons (Fsp3) is 0.545. The number of hydrogen-bond donors (Lipinski definition) is 1. The minimum absolute atomic E-state index is 0.116. The molecule has 0 aromatic carbocycles. The number of aromatic nitrogens is 2. The van der Waals surface area contributed by atoms with Crippen molar-refractivity contribution in [1.29, 1.82) is 0 Å². The van der Waals surface area contributed by atoms with Gasteiger partial charge >= 0.3 is 0 Å². The van der Waals surface area contributed by atoms with Crippen LogP contribution in [0.3, 0.4) is 0 Å². The standard InChI is InChI=1S/C11H18ClN3/c1-9(5-13-11(2,3)4)7-15-8-10(12)6-14-15/h6,8,13H,1,5,7H2,2-4H3. The molecule has 1 heterocycles. The van der Waals surface area contributed by atoms with Crippen molar-refractivity contribution in [2.75, 3.05) is 6.54 Å². The highest BCUT2D eigenvalue weighted by atomic mass is 35.5. The summed E-state index contributed by atoms with van der Waals surface area (Å²) in [7, 11) is 0. The Morgan fingerprint density at radius 1 is 1.60 bits per heavy atom. The van der Waals surface area contributed by atoms with E-state index in [1.165, 1.54) is 0 Å². The smallest absolute Gasteiger partial charge is 0.0785 e. The van der Waals surface area contributed by atoms with E-state index in [-0.39, 0.29) is 5.54 Å². The van der Waals surface area contributed by atoms with Crippen molar-refractivity contribution >= 4 is 11.6 Å². The van der Waals surface area contributed by atoms with Gasteiger partial charge in [0.05, 0.1) is 17.8 Å². The second kappa shape index (κ2) is 4.81. The first-order chi connectivity index (χ1) is 6.87. The highest BCUT2D eigenvalue weighted by molar-refractivity contribution is 6.30. The molecule has 0 saturated heterocycles. The number of hydrogen-bond acceptors (Lipinski definition) is 2. The monoisotopic (exact) mass is 227 g/mol. The van der Waals surface area contributed by atoms with Crippen molar-refractivity contribution < 1.29 is 0 Å². The Bertz CT molecular complexity index is 336. The molecule has 0 aliphatic heterocycles. The van der Waals surface area contributed by atoms with Crippen molar-refractivity contribution in [2.45, 2.75) is 32.9 Å². The average Bonchev–Trinajstić information content (AvgIpc) is 2.47. The zero-order valence-corrected chi connectivity index (χ0v) is 10.3. The molecule has 1 aromatic heterocycles. The maximum Gasteiger partial charge on any atom is 0.0785 e. The normalized spacial score (nSPS) is 11.7. The van der Waals surface area contributed by atoms with E-state index in [1.54, 1.807) is 17.1 Å². The maximum absolute atomic E-state index is 5.76. The van der Waals surface area contributed by atoms with Gasteiger partial charge in [-0.3, -0.25) is 4.68 Å². The van der Waals surface area contributed by atoms with Crippen molar-refractivity contribution in [3.63, 3.8) is 0 Å². The zero-order chi connectivity index (χ0) is 11.5. The van der Waals surface area contributed by atoms with E-state index < -0.39 is 0 Å². The molecule has 0 amide bonds. The van der Waals surface area contributed by atoms with Gasteiger partial charge in [0.25, 0.3) is 0 Å². The molecule has 1 rings (SSSR count). The molecule has 0 unspecified atom stereocenters. The molecule has 0 fully saturated rings. The van der Waals surface area contributed by atoms with Crippen LogP contribution in [0, 0.1) is 0 Å². The minimum Gasteiger partial charge on any atom is -0.308 e. The largest absolute Gasteiger partial charge is 0.308 e. The second-order valence-electron chi connectivity index (χ2n) is 4.71. The fourth-order valence-electron chi connectivity index (χ4n) is 1.10. The van der Waals surface area contributed by atoms with Gasteiger partial charge in [-0.15, -0.1) is 0 Å². The summed E-state index contributed by atoms with van der Waals surface area (Å²) in [5.41, 5.74) is 1.20. The molecule has 0 bridgehead atoms. The fourth-order valence-corrected chi connectivity index (χ4v) is 1.26. The summed E-state index contributed by atoms with van der Waals surface area (Å²) in [6.07, 6.45) is 3.43. The number of halogens is 1. The second-order valence-corrected chi connectivity index (χ2v) is 5.15. The first-order valence-electron chi connectivity index (χ1n) is 4.96. The van der Waals surface area contributed by atoms with Crippen LogP contribution in [0.25, 0.3) is 0 Å². The molecule has 1 aromatic rings. The van der Waals surface area contributed by atoms with Crippen LogP contribution in [-0.4, -0.2) is 21.9 Å². The molecule has 0 radical (unpaired) electrons. The molecule has 3 nitrogen and oxygen atoms in total. The van der Waals surface area contributed by atoms with Gasteiger partial charge in [0.1, 0.15) is 0 Å². The topological polar surface area (TPSA) is 29.9 Å². The molecular formula is C11H18ClN3. The molecule has 0 aliphatic rings. The van der Waals surface area contributed by atoms with Crippen LogP contribution in [0.15, 0.2) is 24.5 Å². The summed E-state index contributed by atoms with van der Waals surface area (Å²) in [6.45, 7) is 11.9. The number of rotatable bonds is 4. The van der Waals surface area contributed by atoms with Crippen LogP contribution in [0.5, 0.6) is 0 Å². The van der Waals surface area contributed by atoms with Gasteiger partial charge in [-0.1, -0.05) is 18.2 Å². The summed E-state index contributed by atoms with van der Waals surface area (Å²) in [5, 5.41) is 8.13. The Hall–Kier alpha value is -0.800. The first-order valence-corrected chi connectivity index (χ1v) is 5.34. The molecule has 1 N–H and O–H groups in total. The van der Waals surface area contributed by atoms with E-state index in [0.717, 1.165) is 12.1 Å².